The zero-order valence-electron chi connectivity index (χ0n) is 29.4. The highest BCUT2D eigenvalue weighted by atomic mass is 16.3. The molecule has 1 nitrogen and oxygen atoms in total. The summed E-state index contributed by atoms with van der Waals surface area (Å²) < 4.78 is 6.94. The largest absolute Gasteiger partial charge is 0.456 e. The first-order chi connectivity index (χ1) is 26.2. The summed E-state index contributed by atoms with van der Waals surface area (Å²) in [6.07, 6.45) is 6.11. The lowest BCUT2D eigenvalue weighted by atomic mass is 9.70. The lowest BCUT2D eigenvalue weighted by molar-refractivity contribution is 0.666. The molecule has 0 atom stereocenters. The summed E-state index contributed by atoms with van der Waals surface area (Å²) >= 11 is 0. The average molecular weight is 675 g/mol. The van der Waals surface area contributed by atoms with E-state index in [2.05, 4.69) is 177 Å². The minimum absolute atomic E-state index is 0.402. The average Bonchev–Trinajstić information content (AvgIpc) is 3.82. The Morgan fingerprint density at radius 1 is 0.472 bits per heavy atom. The fraction of sp³-hybridized carbons (Fsp3) is 0.0385. The van der Waals surface area contributed by atoms with E-state index >= 15 is 0 Å². The maximum absolute atomic E-state index is 6.94. The van der Waals surface area contributed by atoms with Gasteiger partial charge in [0.05, 0.1) is 5.41 Å². The second-order valence-electron chi connectivity index (χ2n) is 14.4. The van der Waals surface area contributed by atoms with Gasteiger partial charge in [0.15, 0.2) is 0 Å². The van der Waals surface area contributed by atoms with Gasteiger partial charge >= 0.3 is 0 Å². The summed E-state index contributed by atoms with van der Waals surface area (Å²) in [4.78, 5) is 0. The topological polar surface area (TPSA) is 13.1 Å². The third-order valence-corrected chi connectivity index (χ3v) is 11.9. The van der Waals surface area contributed by atoms with Crippen LogP contribution in [0.3, 0.4) is 0 Å². The van der Waals surface area contributed by atoms with Crippen LogP contribution >= 0.6 is 0 Å². The molecule has 0 radical (unpaired) electrons. The molecule has 0 fully saturated rings. The van der Waals surface area contributed by atoms with Gasteiger partial charge in [-0.25, -0.2) is 0 Å². The number of fused-ring (bicyclic) bond motifs is 14. The number of benzene rings is 8. The molecule has 1 spiro atoms. The fourth-order valence-electron chi connectivity index (χ4n) is 9.77. The molecule has 0 saturated carbocycles. The first-order valence-corrected chi connectivity index (χ1v) is 18.4. The summed E-state index contributed by atoms with van der Waals surface area (Å²) in [7, 11) is 0. The quantitative estimate of drug-likeness (QED) is 0.169. The van der Waals surface area contributed by atoms with Crippen molar-refractivity contribution >= 4 is 38.8 Å². The van der Waals surface area contributed by atoms with Crippen molar-refractivity contribution in [2.45, 2.75) is 12.3 Å². The van der Waals surface area contributed by atoms with E-state index < -0.39 is 5.41 Å². The lowest BCUT2D eigenvalue weighted by Gasteiger charge is -2.30. The zero-order valence-corrected chi connectivity index (χ0v) is 29.4. The Balaban J connectivity index is 1.17. The lowest BCUT2D eigenvalue weighted by Crippen LogP contribution is -2.25. The van der Waals surface area contributed by atoms with Crippen molar-refractivity contribution < 1.29 is 4.42 Å². The van der Waals surface area contributed by atoms with Crippen molar-refractivity contribution in [1.82, 2.24) is 0 Å². The van der Waals surface area contributed by atoms with Gasteiger partial charge in [0.2, 0.25) is 0 Å². The second kappa shape index (κ2) is 11.1. The van der Waals surface area contributed by atoms with Gasteiger partial charge in [-0.3, -0.25) is 0 Å². The Labute approximate surface area is 308 Å². The molecular weight excluding hydrogens is 641 g/mol. The Kier molecular flexibility index (Phi) is 6.31. The maximum Gasteiger partial charge on any atom is 0.136 e. The molecule has 2 aliphatic rings. The van der Waals surface area contributed by atoms with Gasteiger partial charge < -0.3 is 4.42 Å². The van der Waals surface area contributed by atoms with E-state index in [0.717, 1.165) is 27.5 Å². The van der Waals surface area contributed by atoms with Gasteiger partial charge in [0.25, 0.3) is 0 Å². The molecule has 0 N–H and O–H groups in total. The highest BCUT2D eigenvalue weighted by Crippen LogP contribution is 2.63. The van der Waals surface area contributed by atoms with Crippen LogP contribution in [-0.4, -0.2) is 0 Å². The number of allylic oxidation sites excluding steroid dienone is 2. The highest BCUT2D eigenvalue weighted by Gasteiger charge is 2.51. The summed E-state index contributed by atoms with van der Waals surface area (Å²) in [5.41, 5.74) is 19.1. The van der Waals surface area contributed by atoms with Crippen LogP contribution in [0.2, 0.25) is 0 Å². The Morgan fingerprint density at radius 2 is 1.04 bits per heavy atom. The minimum Gasteiger partial charge on any atom is -0.456 e. The van der Waals surface area contributed by atoms with E-state index in [1.165, 1.54) is 83.1 Å². The maximum atomic E-state index is 6.94. The third-order valence-electron chi connectivity index (χ3n) is 11.9. The first kappa shape index (κ1) is 30.0. The van der Waals surface area contributed by atoms with Crippen molar-refractivity contribution in [3.05, 3.63) is 210 Å². The summed E-state index contributed by atoms with van der Waals surface area (Å²) in [6.45, 7) is 6.25. The van der Waals surface area contributed by atoms with Gasteiger partial charge in [-0.2, -0.15) is 0 Å². The monoisotopic (exact) mass is 674 g/mol. The molecule has 9 aromatic rings. The van der Waals surface area contributed by atoms with Crippen molar-refractivity contribution in [3.63, 3.8) is 0 Å². The molecule has 53 heavy (non-hydrogen) atoms. The van der Waals surface area contributed by atoms with Crippen molar-refractivity contribution in [2.24, 2.45) is 0 Å². The van der Waals surface area contributed by atoms with Gasteiger partial charge in [-0.05, 0) is 120 Å². The van der Waals surface area contributed by atoms with Crippen LogP contribution in [-0.2, 0) is 5.41 Å². The summed E-state index contributed by atoms with van der Waals surface area (Å²) in [5.74, 6) is 0. The third kappa shape index (κ3) is 3.97. The van der Waals surface area contributed by atoms with E-state index in [-0.39, 0.29) is 0 Å². The van der Waals surface area contributed by atoms with E-state index in [0.29, 0.717) is 0 Å². The van der Waals surface area contributed by atoms with Crippen molar-refractivity contribution in [1.29, 1.82) is 0 Å². The van der Waals surface area contributed by atoms with E-state index in [9.17, 15) is 0 Å². The molecular formula is C52H34O. The Bertz CT molecular complexity index is 2980. The predicted molar refractivity (Wildman–Crippen MR) is 222 cm³/mol. The predicted octanol–water partition coefficient (Wildman–Crippen LogP) is 13.9. The second-order valence-corrected chi connectivity index (χ2v) is 14.4. The van der Waals surface area contributed by atoms with Crippen LogP contribution in [0.15, 0.2) is 181 Å². The smallest absolute Gasteiger partial charge is 0.136 e. The molecule has 0 amide bonds. The van der Waals surface area contributed by atoms with E-state index in [1.807, 2.05) is 12.2 Å². The number of hydrogen-bond donors (Lipinski definition) is 0. The molecule has 1 aromatic heterocycles. The van der Waals surface area contributed by atoms with Crippen LogP contribution in [0.4, 0.5) is 0 Å². The van der Waals surface area contributed by atoms with Gasteiger partial charge in [-0.1, -0.05) is 158 Å². The summed E-state index contributed by atoms with van der Waals surface area (Å²) in [6, 6.07) is 57.9. The molecule has 1 heteroatoms. The van der Waals surface area contributed by atoms with Gasteiger partial charge in [0, 0.05) is 10.8 Å². The number of rotatable bonds is 4. The highest BCUT2D eigenvalue weighted by molar-refractivity contribution is 6.13. The molecule has 0 unspecified atom stereocenters. The molecule has 0 aliphatic heterocycles. The van der Waals surface area contributed by atoms with Gasteiger partial charge in [0.1, 0.15) is 11.2 Å². The molecule has 1 heterocycles. The molecule has 11 rings (SSSR count). The van der Waals surface area contributed by atoms with Crippen LogP contribution in [0.25, 0.3) is 83.3 Å². The molecule has 0 saturated heterocycles. The van der Waals surface area contributed by atoms with Gasteiger partial charge in [-0.15, -0.1) is 0 Å². The Morgan fingerprint density at radius 3 is 1.70 bits per heavy atom. The van der Waals surface area contributed by atoms with Crippen LogP contribution in [0.5, 0.6) is 0 Å². The fourth-order valence-corrected chi connectivity index (χ4v) is 9.77. The minimum atomic E-state index is -0.402. The van der Waals surface area contributed by atoms with E-state index in [4.69, 9.17) is 4.42 Å². The molecule has 2 aliphatic carbocycles. The number of furan rings is 1. The van der Waals surface area contributed by atoms with Crippen molar-refractivity contribution in [2.75, 3.05) is 0 Å². The molecule has 8 aromatic carbocycles. The number of hydrogen-bond acceptors (Lipinski definition) is 1. The normalized spacial score (nSPS) is 13.5. The SMILES string of the molecule is C=C/C=C\c1c(C)c(-c2ccccc2)c2ccccc2c1-c1ccc2c(c1)oc1cc3c(cc12)-c1ccccc1C31c2ccccc2-c2ccccc21. The van der Waals surface area contributed by atoms with Crippen LogP contribution < -0.4 is 0 Å². The van der Waals surface area contributed by atoms with Crippen LogP contribution in [0.1, 0.15) is 33.4 Å². The summed E-state index contributed by atoms with van der Waals surface area (Å²) in [5, 5.41) is 4.72. The standard InChI is InChI=1S/C52H34O/c1-3-4-18-35-32(2)50(33-16-6-5-7-17-33)40-22-8-9-23-41(40)51(35)34-27-28-39-43-30-42-38-21-12-15-26-46(38)52(47(42)31-49(43)53-48(39)29-34)44-24-13-10-19-36(44)37-20-11-14-25-45(37)52/h3-31H,1H2,2H3/b18-4-. The molecule has 248 valence electrons. The van der Waals surface area contributed by atoms with Crippen molar-refractivity contribution in [3.8, 4) is 44.5 Å². The zero-order chi connectivity index (χ0) is 35.3. The van der Waals surface area contributed by atoms with E-state index in [1.54, 1.807) is 0 Å². The molecule has 0 bridgehead atoms. The Hall–Kier alpha value is -6.70. The first-order valence-electron chi connectivity index (χ1n) is 18.4. The van der Waals surface area contributed by atoms with Crippen LogP contribution in [0, 0.1) is 6.92 Å².